The molecule has 0 atom stereocenters. The van der Waals surface area contributed by atoms with Gasteiger partial charge in [0, 0.05) is 35.8 Å². The van der Waals surface area contributed by atoms with Crippen LogP contribution in [0.15, 0.2) is 71.7 Å². The molecule has 2 heterocycles. The van der Waals surface area contributed by atoms with Crippen LogP contribution in [-0.4, -0.2) is 20.6 Å². The zero-order valence-electron chi connectivity index (χ0n) is 19.0. The third-order valence-electron chi connectivity index (χ3n) is 5.63. The maximum absolute atomic E-state index is 13.1. The van der Waals surface area contributed by atoms with Crippen molar-refractivity contribution < 1.29 is 22.7 Å². The highest BCUT2D eigenvalue weighted by atomic mass is 35.5. The van der Waals surface area contributed by atoms with Crippen LogP contribution in [0, 0.1) is 0 Å². The van der Waals surface area contributed by atoms with Gasteiger partial charge in [-0.2, -0.15) is 13.2 Å². The number of nitrogens with one attached hydrogen (secondary N) is 3. The smallest absolute Gasteiger partial charge is 0.417 e. The van der Waals surface area contributed by atoms with Gasteiger partial charge in [0.05, 0.1) is 16.3 Å². The highest BCUT2D eigenvalue weighted by molar-refractivity contribution is 6.31. The molecule has 5 aromatic rings. The number of aromatic nitrogens is 3. The highest BCUT2D eigenvalue weighted by Gasteiger charge is 2.33. The number of halogens is 4. The molecule has 0 aliphatic carbocycles. The number of anilines is 2. The monoisotopic (exact) mass is 527 g/mol. The Morgan fingerprint density at radius 1 is 1.03 bits per heavy atom. The number of rotatable bonds is 4. The van der Waals surface area contributed by atoms with E-state index in [1.807, 2.05) is 0 Å². The van der Waals surface area contributed by atoms with E-state index in [0.29, 0.717) is 39.1 Å². The molecule has 8 nitrogen and oxygen atoms in total. The van der Waals surface area contributed by atoms with Gasteiger partial charge in [0.15, 0.2) is 11.4 Å². The molecule has 0 aliphatic rings. The molecule has 2 amide bonds. The first-order valence-corrected chi connectivity index (χ1v) is 11.2. The van der Waals surface area contributed by atoms with Crippen molar-refractivity contribution in [3.05, 3.63) is 87.9 Å². The lowest BCUT2D eigenvalue weighted by Gasteiger charge is -2.15. The van der Waals surface area contributed by atoms with Crippen molar-refractivity contribution in [1.29, 1.82) is 0 Å². The molecule has 0 fully saturated rings. The van der Waals surface area contributed by atoms with Gasteiger partial charge in [-0.05, 0) is 30.3 Å². The number of carbonyl (C=O) groups excluding carboxylic acids is 1. The number of amides is 2. The number of nitrogens with zero attached hydrogens (tertiary/aromatic N) is 2. The lowest BCUT2D eigenvalue weighted by atomic mass is 10.1. The molecule has 0 saturated carbocycles. The predicted molar refractivity (Wildman–Crippen MR) is 134 cm³/mol. The number of imidazole rings is 1. The van der Waals surface area contributed by atoms with Gasteiger partial charge < -0.3 is 15.4 Å². The Morgan fingerprint density at radius 2 is 1.78 bits per heavy atom. The van der Waals surface area contributed by atoms with Crippen molar-refractivity contribution in [2.45, 2.75) is 6.18 Å². The topological polar surface area (TPSA) is 101 Å². The number of pyridine rings is 1. The molecule has 3 N–H and O–H groups in total. The minimum atomic E-state index is -4.66. The van der Waals surface area contributed by atoms with E-state index in [9.17, 15) is 22.8 Å². The summed E-state index contributed by atoms with van der Waals surface area (Å²) in [5, 5.41) is 5.86. The Balaban J connectivity index is 1.44. The van der Waals surface area contributed by atoms with Crippen LogP contribution in [0.2, 0.25) is 5.02 Å². The fraction of sp³-hybridized carbons (Fsp3) is 0.0800. The Kier molecular flexibility index (Phi) is 6.00. The average Bonchev–Trinajstić information content (AvgIpc) is 3.15. The van der Waals surface area contributed by atoms with Crippen LogP contribution in [0.4, 0.5) is 29.3 Å². The molecular formula is C25H17ClF3N5O3. The van der Waals surface area contributed by atoms with E-state index in [4.69, 9.17) is 16.3 Å². The molecule has 3 aromatic carbocycles. The largest absolute Gasteiger partial charge is 0.454 e. The molecule has 0 unspecified atom stereocenters. The fourth-order valence-corrected chi connectivity index (χ4v) is 4.14. The summed E-state index contributed by atoms with van der Waals surface area (Å²) < 4.78 is 47.0. The van der Waals surface area contributed by atoms with E-state index < -0.39 is 22.8 Å². The minimum absolute atomic E-state index is 0.0719. The number of hydrogen-bond acceptors (Lipinski definition) is 4. The summed E-state index contributed by atoms with van der Waals surface area (Å²) >= 11 is 5.65. The van der Waals surface area contributed by atoms with E-state index in [1.165, 1.54) is 16.8 Å². The van der Waals surface area contributed by atoms with Gasteiger partial charge >= 0.3 is 17.9 Å². The summed E-state index contributed by atoms with van der Waals surface area (Å²) in [5.74, 6) is 0.855. The highest BCUT2D eigenvalue weighted by Crippen LogP contribution is 2.37. The Morgan fingerprint density at radius 3 is 2.54 bits per heavy atom. The Labute approximate surface area is 211 Å². The van der Waals surface area contributed by atoms with Gasteiger partial charge in [-0.25, -0.2) is 14.6 Å². The second kappa shape index (κ2) is 9.17. The van der Waals surface area contributed by atoms with Gasteiger partial charge in [0.2, 0.25) is 0 Å². The molecule has 5 rings (SSSR count). The molecule has 0 spiro atoms. The number of urea groups is 1. The summed E-state index contributed by atoms with van der Waals surface area (Å²) in [6.07, 6.45) is -3.15. The fourth-order valence-electron chi connectivity index (χ4n) is 3.91. The molecule has 12 heteroatoms. The van der Waals surface area contributed by atoms with E-state index >= 15 is 0 Å². The van der Waals surface area contributed by atoms with Gasteiger partial charge in [0.25, 0.3) is 0 Å². The lowest BCUT2D eigenvalue weighted by Crippen LogP contribution is -2.20. The first-order valence-electron chi connectivity index (χ1n) is 10.8. The van der Waals surface area contributed by atoms with Crippen LogP contribution in [0.1, 0.15) is 5.56 Å². The number of carbonyl (C=O) groups is 1. The maximum Gasteiger partial charge on any atom is 0.417 e. The third kappa shape index (κ3) is 4.68. The number of alkyl halides is 3. The van der Waals surface area contributed by atoms with Crippen molar-refractivity contribution in [3.63, 3.8) is 0 Å². The quantitative estimate of drug-likeness (QED) is 0.247. The van der Waals surface area contributed by atoms with E-state index in [2.05, 4.69) is 20.6 Å². The second-order valence-electron chi connectivity index (χ2n) is 8.03. The maximum atomic E-state index is 13.1. The number of aryl methyl sites for hydroxylation is 1. The molecule has 37 heavy (non-hydrogen) atoms. The predicted octanol–water partition coefficient (Wildman–Crippen LogP) is 6.52. The first kappa shape index (κ1) is 24.2. The molecule has 2 aromatic heterocycles. The number of fused-ring (bicyclic) bond motifs is 2. The third-order valence-corrected chi connectivity index (χ3v) is 5.96. The van der Waals surface area contributed by atoms with Crippen LogP contribution in [0.5, 0.6) is 11.5 Å². The van der Waals surface area contributed by atoms with Gasteiger partial charge in [-0.3, -0.25) is 9.55 Å². The van der Waals surface area contributed by atoms with Gasteiger partial charge in [0.1, 0.15) is 11.3 Å². The second-order valence-corrected chi connectivity index (χ2v) is 8.43. The minimum Gasteiger partial charge on any atom is -0.454 e. The molecule has 0 bridgehead atoms. The van der Waals surface area contributed by atoms with Crippen LogP contribution < -0.4 is 21.1 Å². The zero-order chi connectivity index (χ0) is 26.3. The van der Waals surface area contributed by atoms with Gasteiger partial charge in [-0.15, -0.1) is 0 Å². The zero-order valence-corrected chi connectivity index (χ0v) is 19.7. The van der Waals surface area contributed by atoms with Crippen LogP contribution in [-0.2, 0) is 13.2 Å². The van der Waals surface area contributed by atoms with E-state index in [1.54, 1.807) is 49.5 Å². The molecule has 188 valence electrons. The van der Waals surface area contributed by atoms with Gasteiger partial charge in [-0.1, -0.05) is 35.9 Å². The summed E-state index contributed by atoms with van der Waals surface area (Å²) in [5.41, 5.74) is -0.197. The normalized spacial score (nSPS) is 11.6. The van der Waals surface area contributed by atoms with Crippen molar-refractivity contribution in [1.82, 2.24) is 14.5 Å². The van der Waals surface area contributed by atoms with E-state index in [-0.39, 0.29) is 11.4 Å². The summed E-state index contributed by atoms with van der Waals surface area (Å²) in [4.78, 5) is 31.4. The summed E-state index contributed by atoms with van der Waals surface area (Å²) in [7, 11) is 1.60. The Hall–Kier alpha value is -4.51. The van der Waals surface area contributed by atoms with Crippen molar-refractivity contribution >= 4 is 50.9 Å². The number of aromatic amines is 1. The summed E-state index contributed by atoms with van der Waals surface area (Å²) in [6, 6.07) is 14.3. The van der Waals surface area contributed by atoms with Crippen molar-refractivity contribution in [3.8, 4) is 11.5 Å². The van der Waals surface area contributed by atoms with Crippen molar-refractivity contribution in [2.75, 3.05) is 10.6 Å². The van der Waals surface area contributed by atoms with Crippen molar-refractivity contribution in [2.24, 2.45) is 7.05 Å². The summed E-state index contributed by atoms with van der Waals surface area (Å²) in [6.45, 7) is 0. The van der Waals surface area contributed by atoms with Crippen LogP contribution in [0.3, 0.4) is 0 Å². The van der Waals surface area contributed by atoms with Crippen LogP contribution in [0.25, 0.3) is 21.9 Å². The Bertz CT molecular complexity index is 1730. The van der Waals surface area contributed by atoms with E-state index in [0.717, 1.165) is 12.1 Å². The average molecular weight is 528 g/mol. The lowest BCUT2D eigenvalue weighted by molar-refractivity contribution is -0.137. The molecule has 0 saturated heterocycles. The van der Waals surface area contributed by atoms with Crippen LogP contribution >= 0.6 is 11.6 Å². The SMILES string of the molecule is Cn1c(=O)[nH]c2nccc(Oc3ccc(NC(=O)Nc4ccc(Cl)c(C(F)(F)F)c4)c4ccccc34)c21. The number of hydrogen-bond donors (Lipinski definition) is 3. The molecule has 0 aliphatic heterocycles. The number of benzene rings is 3. The molecular weight excluding hydrogens is 511 g/mol. The number of H-pyrrole nitrogens is 1. The first-order chi connectivity index (χ1) is 17.6. The molecule has 0 radical (unpaired) electrons. The standard InChI is InChI=1S/C25H17ClF3N5O3/c1-34-21-20(10-11-30-22(21)33-24(34)36)37-19-9-8-18(14-4-2-3-5-15(14)19)32-23(35)31-13-6-7-17(26)16(12-13)25(27,28)29/h2-12H,1H3,(H,30,33,36)(H2,31,32,35). The number of ether oxygens (including phenoxy) is 1.